The molecular formula is C21H24N2O4S. The monoisotopic (exact) mass is 400 g/mol. The number of carbonyl (C=O) groups is 1. The molecule has 1 aliphatic heterocycles. The number of furan rings is 1. The van der Waals surface area contributed by atoms with Gasteiger partial charge in [0.05, 0.1) is 16.4 Å². The molecule has 3 aromatic rings. The number of ether oxygens (including phenoxy) is 2. The minimum atomic E-state index is -0.508. The fraction of sp³-hybridized carbons (Fsp3) is 0.429. The molecular weight excluding hydrogens is 376 g/mol. The number of hydrogen-bond donors (Lipinski definition) is 0. The first-order valence-corrected chi connectivity index (χ1v) is 10.2. The molecule has 0 N–H and O–H groups in total. The zero-order valence-corrected chi connectivity index (χ0v) is 17.4. The van der Waals surface area contributed by atoms with Crippen LogP contribution in [0, 0.1) is 6.92 Å². The Morgan fingerprint density at radius 1 is 1.36 bits per heavy atom. The highest BCUT2D eigenvalue weighted by molar-refractivity contribution is 7.11. The van der Waals surface area contributed by atoms with Gasteiger partial charge < -0.3 is 18.8 Å². The molecule has 4 rings (SSSR count). The first kappa shape index (κ1) is 18.8. The Morgan fingerprint density at radius 2 is 2.18 bits per heavy atom. The van der Waals surface area contributed by atoms with Gasteiger partial charge >= 0.3 is 6.09 Å². The number of rotatable bonds is 3. The van der Waals surface area contributed by atoms with E-state index < -0.39 is 5.60 Å². The maximum Gasteiger partial charge on any atom is 0.410 e. The van der Waals surface area contributed by atoms with E-state index >= 15 is 0 Å². The average molecular weight is 401 g/mol. The summed E-state index contributed by atoms with van der Waals surface area (Å²) in [7, 11) is 0. The predicted molar refractivity (Wildman–Crippen MR) is 108 cm³/mol. The lowest BCUT2D eigenvalue weighted by Gasteiger charge is -2.29. The molecule has 1 aliphatic rings. The van der Waals surface area contributed by atoms with Crippen LogP contribution in [0.25, 0.3) is 11.0 Å². The van der Waals surface area contributed by atoms with Crippen LogP contribution in [0.4, 0.5) is 4.79 Å². The lowest BCUT2D eigenvalue weighted by molar-refractivity contribution is 0.0220. The van der Waals surface area contributed by atoms with Crippen molar-refractivity contribution in [3.63, 3.8) is 0 Å². The van der Waals surface area contributed by atoms with Gasteiger partial charge in [-0.05, 0) is 45.9 Å². The third kappa shape index (κ3) is 3.99. The maximum atomic E-state index is 12.5. The second-order valence-electron chi connectivity index (χ2n) is 7.95. The number of amides is 1. The molecule has 0 fully saturated rings. The van der Waals surface area contributed by atoms with E-state index in [1.807, 2.05) is 52.1 Å². The number of nitrogens with zero attached hydrogens (tertiary/aromatic N) is 2. The molecule has 1 aromatic carbocycles. The third-order valence-corrected chi connectivity index (χ3v) is 5.39. The first-order chi connectivity index (χ1) is 13.3. The van der Waals surface area contributed by atoms with E-state index in [-0.39, 0.29) is 6.09 Å². The molecule has 28 heavy (non-hydrogen) atoms. The fourth-order valence-corrected chi connectivity index (χ4v) is 3.97. The molecule has 6 nitrogen and oxygen atoms in total. The average Bonchev–Trinajstić information content (AvgIpc) is 3.20. The molecule has 0 saturated heterocycles. The van der Waals surface area contributed by atoms with Crippen molar-refractivity contribution in [3.8, 4) is 5.75 Å². The van der Waals surface area contributed by atoms with Crippen LogP contribution in [0.2, 0.25) is 0 Å². The number of aromatic nitrogens is 1. The number of carbonyl (C=O) groups excluding carboxylic acids is 1. The van der Waals surface area contributed by atoms with Crippen molar-refractivity contribution >= 4 is 28.4 Å². The van der Waals surface area contributed by atoms with E-state index in [1.54, 1.807) is 16.2 Å². The lowest BCUT2D eigenvalue weighted by atomic mass is 10.0. The Kier molecular flexibility index (Phi) is 4.79. The van der Waals surface area contributed by atoms with Gasteiger partial charge in [-0.2, -0.15) is 0 Å². The van der Waals surface area contributed by atoms with Gasteiger partial charge in [-0.1, -0.05) is 0 Å². The van der Waals surface area contributed by atoms with E-state index in [0.717, 1.165) is 37.9 Å². The molecule has 3 heterocycles. The topological polar surface area (TPSA) is 64.8 Å². The van der Waals surface area contributed by atoms with Crippen molar-refractivity contribution in [1.29, 1.82) is 0 Å². The van der Waals surface area contributed by atoms with Gasteiger partial charge in [0.15, 0.2) is 0 Å². The van der Waals surface area contributed by atoms with Crippen LogP contribution < -0.4 is 4.74 Å². The van der Waals surface area contributed by atoms with Gasteiger partial charge in [0.25, 0.3) is 0 Å². The molecule has 7 heteroatoms. The Morgan fingerprint density at radius 3 is 2.89 bits per heavy atom. The molecule has 0 bridgehead atoms. The molecule has 1 amide bonds. The molecule has 0 radical (unpaired) electrons. The molecule has 0 atom stereocenters. The number of hydrogen-bond acceptors (Lipinski definition) is 6. The summed E-state index contributed by atoms with van der Waals surface area (Å²) < 4.78 is 17.5. The highest BCUT2D eigenvalue weighted by atomic mass is 32.1. The first-order valence-electron chi connectivity index (χ1n) is 9.35. The van der Waals surface area contributed by atoms with Crippen LogP contribution >= 0.6 is 11.3 Å². The quantitative estimate of drug-likeness (QED) is 0.614. The van der Waals surface area contributed by atoms with Gasteiger partial charge in [-0.3, -0.25) is 0 Å². The van der Waals surface area contributed by atoms with E-state index in [1.165, 1.54) is 0 Å². The van der Waals surface area contributed by atoms with Crippen molar-refractivity contribution < 1.29 is 18.7 Å². The Balaban J connectivity index is 1.54. The van der Waals surface area contributed by atoms with Crippen LogP contribution in [-0.4, -0.2) is 28.1 Å². The molecule has 0 spiro atoms. The third-order valence-electron chi connectivity index (χ3n) is 4.51. The molecule has 148 valence electrons. The number of fused-ring (bicyclic) bond motifs is 3. The standard InChI is InChI=1S/C21H24N2O4S/c1-13-22-10-15(28-13)12-25-14-5-6-18-16(9-14)17-11-23(8-7-19(17)26-18)20(24)27-21(2,3)4/h5-6,9-10H,7-8,11-12H2,1-4H3. The minimum absolute atomic E-state index is 0.291. The zero-order valence-electron chi connectivity index (χ0n) is 16.6. The van der Waals surface area contributed by atoms with Crippen molar-refractivity contribution in [2.24, 2.45) is 0 Å². The summed E-state index contributed by atoms with van der Waals surface area (Å²) in [5.41, 5.74) is 1.34. The SMILES string of the molecule is Cc1ncc(COc2ccc3oc4c(c3c2)CN(C(=O)OC(C)(C)C)CC4)s1. The number of thiazole rings is 1. The minimum Gasteiger partial charge on any atom is -0.488 e. The summed E-state index contributed by atoms with van der Waals surface area (Å²) in [6.07, 6.45) is 2.23. The van der Waals surface area contributed by atoms with E-state index in [0.29, 0.717) is 26.1 Å². The highest BCUT2D eigenvalue weighted by Gasteiger charge is 2.29. The van der Waals surface area contributed by atoms with E-state index in [9.17, 15) is 4.79 Å². The van der Waals surface area contributed by atoms with E-state index in [2.05, 4.69) is 4.98 Å². The van der Waals surface area contributed by atoms with Gasteiger partial charge in [0, 0.05) is 30.1 Å². The van der Waals surface area contributed by atoms with Crippen molar-refractivity contribution in [2.45, 2.75) is 52.9 Å². The van der Waals surface area contributed by atoms with Gasteiger partial charge in [-0.25, -0.2) is 9.78 Å². The smallest absolute Gasteiger partial charge is 0.410 e. The normalized spacial score (nSPS) is 14.2. The Labute approximate surface area is 168 Å². The van der Waals surface area contributed by atoms with Crippen LogP contribution in [-0.2, 0) is 24.3 Å². The van der Waals surface area contributed by atoms with Gasteiger partial charge in [0.2, 0.25) is 0 Å². The molecule has 0 aliphatic carbocycles. The Bertz CT molecular complexity index is 1020. The van der Waals surface area contributed by atoms with Gasteiger partial charge in [-0.15, -0.1) is 11.3 Å². The largest absolute Gasteiger partial charge is 0.488 e. The van der Waals surface area contributed by atoms with Gasteiger partial charge in [0.1, 0.15) is 29.3 Å². The second kappa shape index (κ2) is 7.13. The van der Waals surface area contributed by atoms with Crippen molar-refractivity contribution in [3.05, 3.63) is 45.6 Å². The lowest BCUT2D eigenvalue weighted by Crippen LogP contribution is -2.39. The van der Waals surface area contributed by atoms with Crippen molar-refractivity contribution in [1.82, 2.24) is 9.88 Å². The maximum absolute atomic E-state index is 12.5. The molecule has 2 aromatic heterocycles. The number of aryl methyl sites for hydroxylation is 1. The summed E-state index contributed by atoms with van der Waals surface area (Å²) in [5, 5.41) is 2.02. The summed E-state index contributed by atoms with van der Waals surface area (Å²) in [4.78, 5) is 19.5. The number of benzene rings is 1. The fourth-order valence-electron chi connectivity index (χ4n) is 3.26. The van der Waals surface area contributed by atoms with Crippen LogP contribution in [0.5, 0.6) is 5.75 Å². The zero-order chi connectivity index (χ0) is 19.9. The second-order valence-corrected chi connectivity index (χ2v) is 9.27. The predicted octanol–water partition coefficient (Wildman–Crippen LogP) is 5.07. The molecule has 0 unspecified atom stereocenters. The summed E-state index contributed by atoms with van der Waals surface area (Å²) in [6, 6.07) is 5.83. The van der Waals surface area contributed by atoms with Crippen molar-refractivity contribution in [2.75, 3.05) is 6.54 Å². The van der Waals surface area contributed by atoms with E-state index in [4.69, 9.17) is 13.9 Å². The Hall–Kier alpha value is -2.54. The molecule has 0 saturated carbocycles. The van der Waals surface area contributed by atoms with Crippen LogP contribution in [0.15, 0.2) is 28.8 Å². The summed E-state index contributed by atoms with van der Waals surface area (Å²) >= 11 is 1.63. The highest BCUT2D eigenvalue weighted by Crippen LogP contribution is 2.33. The van der Waals surface area contributed by atoms with Crippen LogP contribution in [0.1, 0.15) is 42.0 Å². The summed E-state index contributed by atoms with van der Waals surface area (Å²) in [5.74, 6) is 1.71. The summed E-state index contributed by atoms with van der Waals surface area (Å²) in [6.45, 7) is 9.17. The van der Waals surface area contributed by atoms with Crippen LogP contribution in [0.3, 0.4) is 0 Å².